The minimum atomic E-state index is -2.15. The van der Waals surface area contributed by atoms with Gasteiger partial charge in [0.1, 0.15) is 134 Å². The normalized spacial score (nSPS) is 52.1. The first kappa shape index (κ1) is 56.8. The highest BCUT2D eigenvalue weighted by Gasteiger charge is 2.57. The van der Waals surface area contributed by atoms with Crippen LogP contribution in [-0.2, 0) is 56.8 Å². The molecule has 0 aromatic rings. The molecule has 6 aliphatic heterocycles. The van der Waals surface area contributed by atoms with Gasteiger partial charge in [-0.25, -0.2) is 0 Å². The van der Waals surface area contributed by atoms with E-state index in [2.05, 4.69) is 6.58 Å². The summed E-state index contributed by atoms with van der Waals surface area (Å²) in [6.45, 7) is 0.102. The summed E-state index contributed by atoms with van der Waals surface area (Å²) >= 11 is 0. The van der Waals surface area contributed by atoms with E-state index >= 15 is 0 Å². The molecule has 19 N–H and O–H groups in total. The van der Waals surface area contributed by atoms with Gasteiger partial charge in [-0.05, 0) is 6.92 Å². The van der Waals surface area contributed by atoms with Gasteiger partial charge in [0.2, 0.25) is 0 Å². The molecule has 69 heavy (non-hydrogen) atoms. The zero-order valence-electron chi connectivity index (χ0n) is 36.9. The second-order valence-corrected chi connectivity index (χ2v) is 17.4. The van der Waals surface area contributed by atoms with E-state index in [0.717, 1.165) is 0 Å². The molecule has 6 heterocycles. The average Bonchev–Trinajstić information content (AvgIpc) is 3.34. The van der Waals surface area contributed by atoms with Crippen LogP contribution in [0.1, 0.15) is 6.92 Å². The van der Waals surface area contributed by atoms with Crippen LogP contribution in [0, 0.1) is 0 Å². The van der Waals surface area contributed by atoms with Crippen LogP contribution in [-0.4, -0.2) is 311 Å². The van der Waals surface area contributed by atoms with Gasteiger partial charge >= 0.3 is 0 Å². The van der Waals surface area contributed by atoms with Crippen molar-refractivity contribution in [1.29, 1.82) is 0 Å². The fourth-order valence-corrected chi connectivity index (χ4v) is 8.77. The summed E-state index contributed by atoms with van der Waals surface area (Å²) in [7, 11) is 0. The molecule has 0 amide bonds. The van der Waals surface area contributed by atoms with E-state index in [0.29, 0.717) is 0 Å². The Balaban J connectivity index is 1.17. The van der Waals surface area contributed by atoms with Gasteiger partial charge in [0.05, 0.1) is 51.8 Å². The fourth-order valence-electron chi connectivity index (χ4n) is 8.77. The minimum Gasteiger partial charge on any atom is -0.394 e. The number of hydrogen-bond acceptors (Lipinski definition) is 30. The van der Waals surface area contributed by atoms with Gasteiger partial charge in [-0.2, -0.15) is 0 Å². The summed E-state index contributed by atoms with van der Waals surface area (Å²) in [5.74, 6) is 0. The fraction of sp³-hybridized carbons (Fsp3) is 0.949. The summed E-state index contributed by atoms with van der Waals surface area (Å²) in [5.41, 5.74) is 6.50. The maximum atomic E-state index is 11.6. The molecule has 0 aliphatic carbocycles. The van der Waals surface area contributed by atoms with Crippen molar-refractivity contribution >= 4 is 0 Å². The molecule has 0 aromatic heterocycles. The predicted octanol–water partition coefficient (Wildman–Crippen LogP) is -11.9. The second-order valence-electron chi connectivity index (χ2n) is 17.4. The average molecular weight is 1010 g/mol. The van der Waals surface area contributed by atoms with Crippen LogP contribution >= 0.6 is 0 Å². The molecule has 30 nitrogen and oxygen atoms in total. The van der Waals surface area contributed by atoms with Gasteiger partial charge < -0.3 is 149 Å². The first-order valence-corrected chi connectivity index (χ1v) is 22.2. The number of ether oxygens (including phenoxy) is 12. The standard InChI is InChI=1S/C39H67NO29/c1-3-4-58-35-26(55)23(52)29(14(8-44)63-35)65-37-27(56)24(53)30(15(9-45)64-37)66-38-28(57)32(20(49)13(7-43)61-38)68-34-16(40)31(19(48)12(6-42)60-34)67-39-33(22(51)18(47)11(5-41)62-39)69-36-25(54)21(50)17(46)10(2)59-36/h3,10-39,41-57H,1,4-9,40H2,2H3/t10?,11?,12?,13?,14?,15?,16?,17-,18-,19-,20-,21?,22?,23?,24?,25?,26?,27?,28?,29-,30-,31?,32?,33?,34-,35+,36-,37-,38-,39-/m0/s1. The van der Waals surface area contributed by atoms with Gasteiger partial charge in [-0.1, -0.05) is 6.08 Å². The highest BCUT2D eigenvalue weighted by Crippen LogP contribution is 2.37. The van der Waals surface area contributed by atoms with Crippen molar-refractivity contribution in [2.75, 3.05) is 39.6 Å². The maximum Gasteiger partial charge on any atom is 0.187 e. The summed E-state index contributed by atoms with van der Waals surface area (Å²) < 4.78 is 68.0. The van der Waals surface area contributed by atoms with Crippen molar-refractivity contribution in [3.63, 3.8) is 0 Å². The molecule has 0 saturated carbocycles. The van der Waals surface area contributed by atoms with E-state index in [1.807, 2.05) is 0 Å². The maximum absolute atomic E-state index is 11.6. The van der Waals surface area contributed by atoms with E-state index < -0.39 is 217 Å². The van der Waals surface area contributed by atoms with Crippen LogP contribution in [0.5, 0.6) is 0 Å². The molecule has 0 aromatic carbocycles. The molecule has 6 aliphatic rings. The van der Waals surface area contributed by atoms with Crippen molar-refractivity contribution in [2.45, 2.75) is 191 Å². The number of aliphatic hydroxyl groups excluding tert-OH is 17. The molecule has 0 bridgehead atoms. The van der Waals surface area contributed by atoms with Gasteiger partial charge in [0.25, 0.3) is 0 Å². The summed E-state index contributed by atoms with van der Waals surface area (Å²) in [5, 5.41) is 182. The summed E-state index contributed by atoms with van der Waals surface area (Å²) in [4.78, 5) is 0. The molecular formula is C39H67NO29. The summed E-state index contributed by atoms with van der Waals surface area (Å²) in [6, 6.07) is -1.73. The Morgan fingerprint density at radius 3 is 1.30 bits per heavy atom. The second kappa shape index (κ2) is 24.7. The van der Waals surface area contributed by atoms with Crippen LogP contribution in [0.15, 0.2) is 12.7 Å². The SMILES string of the molecule is C=CCO[C@@H]1OC(CO)[C@H](O[C@@H]2OC(CO)[C@H](O[C@@H]3OC(CO)[C@H](O)C(O[C@@H]4OC(CO)[C@H](O)C(O[C@@H]5OC(CO)[C@H](O)C(O)C5O[C@@H]5OC(C)[C@H](O)C(O)C5O)C4N)C3O)C(O)C2O)C(O)C1O. The lowest BCUT2D eigenvalue weighted by Gasteiger charge is -2.50. The number of hydrogen-bond donors (Lipinski definition) is 18. The molecule has 6 rings (SSSR count). The quantitative estimate of drug-likeness (QED) is 0.0567. The molecule has 6 fully saturated rings. The van der Waals surface area contributed by atoms with Crippen molar-refractivity contribution < 1.29 is 144 Å². The Kier molecular flexibility index (Phi) is 20.4. The summed E-state index contributed by atoms with van der Waals surface area (Å²) in [6.07, 6.45) is -50.5. The molecule has 18 unspecified atom stereocenters. The number of nitrogens with two attached hydrogens (primary N) is 1. The lowest BCUT2D eigenvalue weighted by Crippen LogP contribution is -2.69. The van der Waals surface area contributed by atoms with Crippen molar-refractivity contribution in [3.05, 3.63) is 12.7 Å². The van der Waals surface area contributed by atoms with Crippen LogP contribution in [0.25, 0.3) is 0 Å². The van der Waals surface area contributed by atoms with E-state index in [1.54, 1.807) is 0 Å². The van der Waals surface area contributed by atoms with Crippen LogP contribution in [0.3, 0.4) is 0 Å². The lowest BCUT2D eigenvalue weighted by atomic mass is 9.94. The highest BCUT2D eigenvalue weighted by atomic mass is 16.8. The predicted molar refractivity (Wildman–Crippen MR) is 214 cm³/mol. The monoisotopic (exact) mass is 1010 g/mol. The van der Waals surface area contributed by atoms with Gasteiger partial charge in [0.15, 0.2) is 37.7 Å². The Morgan fingerprint density at radius 2 is 0.754 bits per heavy atom. The first-order valence-electron chi connectivity index (χ1n) is 22.2. The number of aliphatic hydroxyl groups is 17. The Labute approximate surface area is 392 Å². The molecule has 30 atom stereocenters. The third-order valence-electron chi connectivity index (χ3n) is 12.8. The molecular weight excluding hydrogens is 946 g/mol. The van der Waals surface area contributed by atoms with Crippen LogP contribution < -0.4 is 5.73 Å². The number of rotatable bonds is 18. The lowest BCUT2D eigenvalue weighted by molar-refractivity contribution is -0.392. The van der Waals surface area contributed by atoms with E-state index in [4.69, 9.17) is 62.6 Å². The van der Waals surface area contributed by atoms with E-state index in [-0.39, 0.29) is 6.61 Å². The van der Waals surface area contributed by atoms with Crippen molar-refractivity contribution in [3.8, 4) is 0 Å². The Hall–Kier alpha value is -1.46. The minimum absolute atomic E-state index is 0.101. The molecule has 402 valence electrons. The van der Waals surface area contributed by atoms with Crippen LogP contribution in [0.2, 0.25) is 0 Å². The van der Waals surface area contributed by atoms with Crippen LogP contribution in [0.4, 0.5) is 0 Å². The van der Waals surface area contributed by atoms with E-state index in [9.17, 15) is 86.8 Å². The zero-order chi connectivity index (χ0) is 50.8. The van der Waals surface area contributed by atoms with E-state index in [1.165, 1.54) is 13.0 Å². The highest BCUT2D eigenvalue weighted by molar-refractivity contribution is 5.00. The van der Waals surface area contributed by atoms with Gasteiger partial charge in [0, 0.05) is 0 Å². The third kappa shape index (κ3) is 11.9. The zero-order valence-corrected chi connectivity index (χ0v) is 36.9. The van der Waals surface area contributed by atoms with Gasteiger partial charge in [-0.15, -0.1) is 6.58 Å². The topological polar surface area (TPSA) is 481 Å². The Bertz CT molecular complexity index is 1580. The largest absolute Gasteiger partial charge is 0.394 e. The molecule has 0 spiro atoms. The molecule has 6 saturated heterocycles. The van der Waals surface area contributed by atoms with Crippen molar-refractivity contribution in [1.82, 2.24) is 0 Å². The third-order valence-corrected chi connectivity index (χ3v) is 12.8. The van der Waals surface area contributed by atoms with Crippen molar-refractivity contribution in [2.24, 2.45) is 5.73 Å². The first-order chi connectivity index (χ1) is 32.8. The molecule has 30 heteroatoms. The molecule has 0 radical (unpaired) electrons. The Morgan fingerprint density at radius 1 is 0.377 bits per heavy atom. The smallest absolute Gasteiger partial charge is 0.187 e. The van der Waals surface area contributed by atoms with Gasteiger partial charge in [-0.3, -0.25) is 0 Å².